The number of aromatic amines is 1. The molecule has 0 amide bonds. The van der Waals surface area contributed by atoms with E-state index in [0.717, 1.165) is 5.82 Å². The average molecular weight is 151 g/mol. The van der Waals surface area contributed by atoms with Crippen LogP contribution in [0.3, 0.4) is 0 Å². The molecule has 0 atom stereocenters. The number of aromatic nitrogens is 2. The van der Waals surface area contributed by atoms with Crippen molar-refractivity contribution < 1.29 is 4.74 Å². The highest BCUT2D eigenvalue weighted by Gasteiger charge is 1.94. The zero-order chi connectivity index (χ0) is 8.10. The molecule has 0 spiro atoms. The number of nitriles is 1. The van der Waals surface area contributed by atoms with Crippen LogP contribution >= 0.6 is 0 Å². The number of H-pyrrole nitrogens is 1. The van der Waals surface area contributed by atoms with E-state index < -0.39 is 0 Å². The minimum absolute atomic E-state index is 0.401. The highest BCUT2D eigenvalue weighted by Crippen LogP contribution is 2.04. The van der Waals surface area contributed by atoms with Gasteiger partial charge >= 0.3 is 0 Å². The fourth-order valence-electron chi connectivity index (χ4n) is 0.678. The number of nitrogens with zero attached hydrogens (tertiary/aromatic N) is 2. The number of hydrogen-bond donors (Lipinski definition) is 1. The Morgan fingerprint density at radius 2 is 2.64 bits per heavy atom. The van der Waals surface area contributed by atoms with Crippen LogP contribution in [0.25, 0.3) is 0 Å². The molecule has 1 rings (SSSR count). The van der Waals surface area contributed by atoms with Crippen molar-refractivity contribution in [3.05, 3.63) is 12.0 Å². The van der Waals surface area contributed by atoms with Crippen LogP contribution in [0.5, 0.6) is 5.88 Å². The van der Waals surface area contributed by atoms with Gasteiger partial charge in [-0.2, -0.15) is 5.26 Å². The summed E-state index contributed by atoms with van der Waals surface area (Å²) in [5.41, 5.74) is 0. The molecule has 1 aromatic rings. The van der Waals surface area contributed by atoms with Gasteiger partial charge in [-0.15, -0.1) is 0 Å². The summed E-state index contributed by atoms with van der Waals surface area (Å²) in [6.45, 7) is 2.26. The van der Waals surface area contributed by atoms with E-state index in [0.29, 0.717) is 18.9 Å². The van der Waals surface area contributed by atoms with Crippen molar-refractivity contribution in [2.45, 2.75) is 13.3 Å². The van der Waals surface area contributed by atoms with Gasteiger partial charge in [0.15, 0.2) is 0 Å². The SMILES string of the molecule is Cc1ncc(OCCC#N)[nH]1. The first-order valence-corrected chi connectivity index (χ1v) is 3.34. The van der Waals surface area contributed by atoms with E-state index in [9.17, 15) is 0 Å². The predicted molar refractivity (Wildman–Crippen MR) is 39.0 cm³/mol. The van der Waals surface area contributed by atoms with Crippen LogP contribution < -0.4 is 4.74 Å². The molecular formula is C7H9N3O. The molecule has 4 nitrogen and oxygen atoms in total. The summed E-state index contributed by atoms with van der Waals surface area (Å²) in [4.78, 5) is 6.82. The Hall–Kier alpha value is -1.50. The highest BCUT2D eigenvalue weighted by atomic mass is 16.5. The van der Waals surface area contributed by atoms with E-state index >= 15 is 0 Å². The molecule has 0 fully saturated rings. The van der Waals surface area contributed by atoms with Gasteiger partial charge in [0.2, 0.25) is 5.88 Å². The predicted octanol–water partition coefficient (Wildman–Crippen LogP) is 1.01. The molecule has 0 saturated heterocycles. The van der Waals surface area contributed by atoms with Crippen LogP contribution in [0.2, 0.25) is 0 Å². The molecule has 0 radical (unpaired) electrons. The largest absolute Gasteiger partial charge is 0.477 e. The number of ether oxygens (including phenoxy) is 1. The van der Waals surface area contributed by atoms with Crippen molar-refractivity contribution in [1.82, 2.24) is 9.97 Å². The Bertz CT molecular complexity index is 261. The van der Waals surface area contributed by atoms with E-state index in [1.165, 1.54) is 0 Å². The second kappa shape index (κ2) is 3.62. The van der Waals surface area contributed by atoms with Gasteiger partial charge in [0.05, 0.1) is 18.7 Å². The molecule has 58 valence electrons. The zero-order valence-electron chi connectivity index (χ0n) is 6.29. The molecule has 0 saturated carbocycles. The quantitative estimate of drug-likeness (QED) is 0.656. The van der Waals surface area contributed by atoms with Gasteiger partial charge in [-0.25, -0.2) is 4.98 Å². The summed E-state index contributed by atoms with van der Waals surface area (Å²) in [5.74, 6) is 1.44. The summed E-state index contributed by atoms with van der Waals surface area (Å²) in [6.07, 6.45) is 2.00. The Morgan fingerprint density at radius 1 is 1.82 bits per heavy atom. The van der Waals surface area contributed by atoms with E-state index in [2.05, 4.69) is 9.97 Å². The van der Waals surface area contributed by atoms with Gasteiger partial charge in [-0.05, 0) is 6.92 Å². The van der Waals surface area contributed by atoms with Crippen molar-refractivity contribution >= 4 is 0 Å². The van der Waals surface area contributed by atoms with Crippen molar-refractivity contribution in [3.63, 3.8) is 0 Å². The van der Waals surface area contributed by atoms with Gasteiger partial charge in [-0.1, -0.05) is 0 Å². The third-order valence-corrected chi connectivity index (χ3v) is 1.15. The maximum Gasteiger partial charge on any atom is 0.211 e. The molecule has 11 heavy (non-hydrogen) atoms. The third kappa shape index (κ3) is 2.30. The minimum atomic E-state index is 0.401. The van der Waals surface area contributed by atoms with E-state index in [-0.39, 0.29) is 0 Å². The lowest BCUT2D eigenvalue weighted by Crippen LogP contribution is -1.95. The fraction of sp³-hybridized carbons (Fsp3) is 0.429. The third-order valence-electron chi connectivity index (χ3n) is 1.15. The van der Waals surface area contributed by atoms with Crippen LogP contribution in [-0.2, 0) is 0 Å². The zero-order valence-corrected chi connectivity index (χ0v) is 6.29. The number of rotatable bonds is 3. The van der Waals surface area contributed by atoms with Crippen molar-refractivity contribution in [3.8, 4) is 11.9 Å². The molecule has 0 bridgehead atoms. The van der Waals surface area contributed by atoms with E-state index in [1.807, 2.05) is 13.0 Å². The summed E-state index contributed by atoms with van der Waals surface area (Å²) in [5, 5.41) is 8.19. The lowest BCUT2D eigenvalue weighted by atomic mass is 10.5. The first-order valence-electron chi connectivity index (χ1n) is 3.34. The molecule has 0 aliphatic rings. The Balaban J connectivity index is 2.34. The Morgan fingerprint density at radius 3 is 3.18 bits per heavy atom. The van der Waals surface area contributed by atoms with Crippen LogP contribution in [0.15, 0.2) is 6.20 Å². The molecule has 4 heteroatoms. The second-order valence-electron chi connectivity index (χ2n) is 2.09. The van der Waals surface area contributed by atoms with Crippen molar-refractivity contribution in [2.75, 3.05) is 6.61 Å². The van der Waals surface area contributed by atoms with Gasteiger partial charge in [0.1, 0.15) is 12.4 Å². The van der Waals surface area contributed by atoms with Crippen LogP contribution in [-0.4, -0.2) is 16.6 Å². The monoisotopic (exact) mass is 151 g/mol. The topological polar surface area (TPSA) is 61.7 Å². The smallest absolute Gasteiger partial charge is 0.211 e. The van der Waals surface area contributed by atoms with Gasteiger partial charge in [0.25, 0.3) is 0 Å². The van der Waals surface area contributed by atoms with Gasteiger partial charge < -0.3 is 9.72 Å². The van der Waals surface area contributed by atoms with E-state index in [4.69, 9.17) is 10.00 Å². The van der Waals surface area contributed by atoms with Crippen LogP contribution in [0.4, 0.5) is 0 Å². The molecule has 0 unspecified atom stereocenters. The molecule has 1 N–H and O–H groups in total. The van der Waals surface area contributed by atoms with Gasteiger partial charge in [0, 0.05) is 0 Å². The van der Waals surface area contributed by atoms with Crippen LogP contribution in [0.1, 0.15) is 12.2 Å². The minimum Gasteiger partial charge on any atom is -0.477 e. The normalized spacial score (nSPS) is 9.09. The number of hydrogen-bond acceptors (Lipinski definition) is 3. The maximum absolute atomic E-state index is 8.19. The molecule has 1 aromatic heterocycles. The first-order chi connectivity index (χ1) is 5.33. The Labute approximate surface area is 64.8 Å². The molecule has 1 heterocycles. The average Bonchev–Trinajstić information content (AvgIpc) is 2.37. The van der Waals surface area contributed by atoms with Gasteiger partial charge in [-0.3, -0.25) is 0 Å². The Kier molecular flexibility index (Phi) is 2.50. The lowest BCUT2D eigenvalue weighted by Gasteiger charge is -1.96. The van der Waals surface area contributed by atoms with E-state index in [1.54, 1.807) is 6.20 Å². The summed E-state index contributed by atoms with van der Waals surface area (Å²) >= 11 is 0. The maximum atomic E-state index is 8.19. The molecular weight excluding hydrogens is 142 g/mol. The molecule has 0 aliphatic carbocycles. The standard InChI is InChI=1S/C7H9N3O/c1-6-9-5-7(10-6)11-4-2-3-8/h5H,2,4H2,1H3,(H,9,10). The first kappa shape index (κ1) is 7.61. The van der Waals surface area contributed by atoms with Crippen LogP contribution in [0, 0.1) is 18.3 Å². The molecule has 0 aromatic carbocycles. The highest BCUT2D eigenvalue weighted by molar-refractivity contribution is 5.05. The van der Waals surface area contributed by atoms with Crippen molar-refractivity contribution in [1.29, 1.82) is 5.26 Å². The second-order valence-corrected chi connectivity index (χ2v) is 2.09. The summed E-state index contributed by atoms with van der Waals surface area (Å²) in [7, 11) is 0. The summed E-state index contributed by atoms with van der Waals surface area (Å²) in [6, 6.07) is 1.99. The lowest BCUT2D eigenvalue weighted by molar-refractivity contribution is 0.315. The van der Waals surface area contributed by atoms with Crippen molar-refractivity contribution in [2.24, 2.45) is 0 Å². The fourth-order valence-corrected chi connectivity index (χ4v) is 0.678. The number of nitrogens with one attached hydrogen (secondary N) is 1. The number of imidazole rings is 1. The molecule has 0 aliphatic heterocycles. The number of aryl methyl sites for hydroxylation is 1. The summed E-state index contributed by atoms with van der Waals surface area (Å²) < 4.78 is 5.13.